The van der Waals surface area contributed by atoms with Gasteiger partial charge in [-0.05, 0) is 55.5 Å². The lowest BCUT2D eigenvalue weighted by Crippen LogP contribution is -2.47. The molecule has 0 radical (unpaired) electrons. The highest BCUT2D eigenvalue weighted by atomic mass is 19.1. The van der Waals surface area contributed by atoms with Gasteiger partial charge in [0.05, 0.1) is 0 Å². The second-order valence-corrected chi connectivity index (χ2v) is 6.58. The van der Waals surface area contributed by atoms with Crippen molar-refractivity contribution >= 4 is 11.7 Å². The van der Waals surface area contributed by atoms with Crippen LogP contribution in [0.25, 0.3) is 0 Å². The van der Waals surface area contributed by atoms with Crippen molar-refractivity contribution < 1.29 is 9.18 Å². The molecule has 2 amide bonds. The monoisotopic (exact) mass is 341 g/mol. The van der Waals surface area contributed by atoms with Gasteiger partial charge in [0.25, 0.3) is 0 Å². The number of nitrogens with one attached hydrogen (secondary N) is 3. The third-order valence-corrected chi connectivity index (χ3v) is 4.58. The van der Waals surface area contributed by atoms with Crippen molar-refractivity contribution in [3.63, 3.8) is 0 Å². The van der Waals surface area contributed by atoms with Crippen LogP contribution in [-0.2, 0) is 6.42 Å². The number of anilines is 1. The average Bonchev–Trinajstić information content (AvgIpc) is 2.62. The molecule has 2 aromatic carbocycles. The van der Waals surface area contributed by atoms with Crippen molar-refractivity contribution in [3.05, 3.63) is 66.0 Å². The lowest BCUT2D eigenvalue weighted by atomic mass is 9.89. The number of carbonyl (C=O) groups excluding carboxylic acids is 1. The minimum Gasteiger partial charge on any atom is -0.336 e. The number of hydrogen-bond acceptors (Lipinski definition) is 2. The fourth-order valence-corrected chi connectivity index (χ4v) is 3.23. The Morgan fingerprint density at radius 1 is 1.12 bits per heavy atom. The Kier molecular flexibility index (Phi) is 6.01. The topological polar surface area (TPSA) is 53.2 Å². The zero-order valence-corrected chi connectivity index (χ0v) is 14.2. The minimum atomic E-state index is -0.365. The number of rotatable bonds is 5. The van der Waals surface area contributed by atoms with E-state index in [0.29, 0.717) is 18.2 Å². The number of benzene rings is 2. The lowest BCUT2D eigenvalue weighted by Gasteiger charge is -2.30. The second kappa shape index (κ2) is 8.62. The first-order valence-electron chi connectivity index (χ1n) is 8.77. The van der Waals surface area contributed by atoms with Crippen LogP contribution in [0.3, 0.4) is 0 Å². The highest BCUT2D eigenvalue weighted by molar-refractivity contribution is 5.89. The van der Waals surface area contributed by atoms with E-state index in [1.165, 1.54) is 17.7 Å². The molecule has 0 aliphatic carbocycles. The van der Waals surface area contributed by atoms with Crippen LogP contribution in [0.4, 0.5) is 14.9 Å². The highest BCUT2D eigenvalue weighted by Gasteiger charge is 2.21. The van der Waals surface area contributed by atoms with Gasteiger partial charge in [0.1, 0.15) is 5.82 Å². The number of halogens is 1. The summed E-state index contributed by atoms with van der Waals surface area (Å²) < 4.78 is 13.1. The predicted octanol–water partition coefficient (Wildman–Crippen LogP) is 3.56. The normalized spacial score (nSPS) is 20.0. The number of amides is 2. The van der Waals surface area contributed by atoms with Gasteiger partial charge in [-0.2, -0.15) is 0 Å². The molecule has 1 saturated heterocycles. The van der Waals surface area contributed by atoms with Gasteiger partial charge in [-0.1, -0.05) is 36.4 Å². The van der Waals surface area contributed by atoms with Gasteiger partial charge in [0.15, 0.2) is 0 Å². The molecule has 0 unspecified atom stereocenters. The Labute approximate surface area is 147 Å². The smallest absolute Gasteiger partial charge is 0.319 e. The summed E-state index contributed by atoms with van der Waals surface area (Å²) in [6.07, 6.45) is 3.28. The molecule has 1 fully saturated rings. The first kappa shape index (κ1) is 17.4. The maximum atomic E-state index is 13.1. The summed E-state index contributed by atoms with van der Waals surface area (Å²) in [6, 6.07) is 16.4. The van der Waals surface area contributed by atoms with Crippen LogP contribution in [0.15, 0.2) is 54.6 Å². The van der Waals surface area contributed by atoms with Crippen molar-refractivity contribution in [3.8, 4) is 0 Å². The molecular formula is C20H24FN3O. The van der Waals surface area contributed by atoms with Gasteiger partial charge in [-0.25, -0.2) is 9.18 Å². The second-order valence-electron chi connectivity index (χ2n) is 6.58. The molecule has 0 aromatic heterocycles. The van der Waals surface area contributed by atoms with Gasteiger partial charge < -0.3 is 16.0 Å². The van der Waals surface area contributed by atoms with Crippen LogP contribution in [-0.4, -0.2) is 25.2 Å². The molecule has 4 nitrogen and oxygen atoms in total. The van der Waals surface area contributed by atoms with Gasteiger partial charge in [-0.3, -0.25) is 0 Å². The maximum absolute atomic E-state index is 13.1. The Morgan fingerprint density at radius 2 is 1.96 bits per heavy atom. The quantitative estimate of drug-likeness (QED) is 0.779. The molecule has 1 aliphatic rings. The van der Waals surface area contributed by atoms with E-state index in [9.17, 15) is 9.18 Å². The van der Waals surface area contributed by atoms with Crippen LogP contribution < -0.4 is 16.0 Å². The van der Waals surface area contributed by atoms with Gasteiger partial charge in [0, 0.05) is 18.3 Å². The van der Waals surface area contributed by atoms with Gasteiger partial charge in [-0.15, -0.1) is 0 Å². The zero-order valence-electron chi connectivity index (χ0n) is 14.2. The van der Waals surface area contributed by atoms with Crippen molar-refractivity contribution in [1.29, 1.82) is 0 Å². The van der Waals surface area contributed by atoms with Crippen LogP contribution in [0, 0.1) is 11.7 Å². The first-order valence-corrected chi connectivity index (χ1v) is 8.77. The fraction of sp³-hybridized carbons (Fsp3) is 0.350. The molecule has 0 spiro atoms. The Bertz CT molecular complexity index is 684. The summed E-state index contributed by atoms with van der Waals surface area (Å²) in [5, 5.41) is 9.01. The highest BCUT2D eigenvalue weighted by Crippen LogP contribution is 2.19. The van der Waals surface area contributed by atoms with Crippen molar-refractivity contribution in [2.75, 3.05) is 18.4 Å². The molecule has 1 heterocycles. The molecule has 0 saturated carbocycles. The van der Waals surface area contributed by atoms with Gasteiger partial charge in [0.2, 0.25) is 0 Å². The number of carbonyl (C=O) groups is 1. The largest absolute Gasteiger partial charge is 0.336 e. The van der Waals surface area contributed by atoms with Crippen molar-refractivity contribution in [2.24, 2.45) is 5.92 Å². The van der Waals surface area contributed by atoms with Crippen LogP contribution in [0.2, 0.25) is 0 Å². The SMILES string of the molecule is O=C(NC[C@@H]1CC[C@H](Cc2ccccc2)CN1)Nc1cccc(F)c1. The third-order valence-electron chi connectivity index (χ3n) is 4.58. The molecule has 2 aromatic rings. The van der Waals surface area contributed by atoms with Crippen molar-refractivity contribution in [1.82, 2.24) is 10.6 Å². The molecule has 2 atom stereocenters. The molecule has 3 N–H and O–H groups in total. The van der Waals surface area contributed by atoms with E-state index in [-0.39, 0.29) is 17.9 Å². The summed E-state index contributed by atoms with van der Waals surface area (Å²) >= 11 is 0. The minimum absolute atomic E-state index is 0.283. The van der Waals surface area contributed by atoms with E-state index in [0.717, 1.165) is 25.8 Å². The predicted molar refractivity (Wildman–Crippen MR) is 98.1 cm³/mol. The Hall–Kier alpha value is -2.40. The van der Waals surface area contributed by atoms with Crippen LogP contribution in [0.5, 0.6) is 0 Å². The summed E-state index contributed by atoms with van der Waals surface area (Å²) in [5.74, 6) is 0.274. The molecule has 1 aliphatic heterocycles. The molecular weight excluding hydrogens is 317 g/mol. The van der Waals surface area contributed by atoms with E-state index >= 15 is 0 Å². The Balaban J connectivity index is 1.37. The fourth-order valence-electron chi connectivity index (χ4n) is 3.23. The lowest BCUT2D eigenvalue weighted by molar-refractivity contribution is 0.247. The number of piperidine rings is 1. The van der Waals surface area contributed by atoms with Gasteiger partial charge >= 0.3 is 6.03 Å². The van der Waals surface area contributed by atoms with E-state index in [2.05, 4.69) is 40.2 Å². The van der Waals surface area contributed by atoms with Crippen LogP contribution >= 0.6 is 0 Å². The summed E-state index contributed by atoms with van der Waals surface area (Å²) in [4.78, 5) is 11.9. The molecule has 25 heavy (non-hydrogen) atoms. The summed E-state index contributed by atoms with van der Waals surface area (Å²) in [5.41, 5.74) is 1.83. The summed E-state index contributed by atoms with van der Waals surface area (Å²) in [6.45, 7) is 1.53. The van der Waals surface area contributed by atoms with Crippen molar-refractivity contribution in [2.45, 2.75) is 25.3 Å². The zero-order chi connectivity index (χ0) is 17.5. The number of urea groups is 1. The third kappa shape index (κ3) is 5.57. The molecule has 3 rings (SSSR count). The van der Waals surface area contributed by atoms with E-state index in [1.807, 2.05) is 6.07 Å². The average molecular weight is 341 g/mol. The molecule has 5 heteroatoms. The number of hydrogen-bond donors (Lipinski definition) is 3. The van der Waals surface area contributed by atoms with Crippen LogP contribution in [0.1, 0.15) is 18.4 Å². The standard InChI is InChI=1S/C20H24FN3O/c21-17-7-4-8-18(12-17)24-20(25)23-14-19-10-9-16(13-22-19)11-15-5-2-1-3-6-15/h1-8,12,16,19,22H,9-11,13-14H2,(H2,23,24,25)/t16-,19+/m1/s1. The first-order chi connectivity index (χ1) is 12.2. The maximum Gasteiger partial charge on any atom is 0.319 e. The van der Waals surface area contributed by atoms with E-state index < -0.39 is 0 Å². The summed E-state index contributed by atoms with van der Waals surface area (Å²) in [7, 11) is 0. The van der Waals surface area contributed by atoms with E-state index in [1.54, 1.807) is 12.1 Å². The molecule has 0 bridgehead atoms. The van der Waals surface area contributed by atoms with E-state index in [4.69, 9.17) is 0 Å². The molecule has 132 valence electrons. The Morgan fingerprint density at radius 3 is 2.68 bits per heavy atom.